The summed E-state index contributed by atoms with van der Waals surface area (Å²) < 4.78 is 0. The van der Waals surface area contributed by atoms with Crippen LogP contribution in [0.4, 0.5) is 0 Å². The number of amides is 1. The minimum absolute atomic E-state index is 0.160. The summed E-state index contributed by atoms with van der Waals surface area (Å²) in [7, 11) is 0. The number of thiazole rings is 1. The van der Waals surface area contributed by atoms with Gasteiger partial charge in [0.15, 0.2) is 0 Å². The van der Waals surface area contributed by atoms with Crippen LogP contribution in [0.1, 0.15) is 40.9 Å². The van der Waals surface area contributed by atoms with Crippen LogP contribution in [-0.4, -0.2) is 28.4 Å². The van der Waals surface area contributed by atoms with Gasteiger partial charge in [0.2, 0.25) is 0 Å². The topological polar surface area (TPSA) is 33.2 Å². The lowest BCUT2D eigenvalue weighted by molar-refractivity contribution is 0.0640. The molecule has 82 valence electrons. The van der Waals surface area contributed by atoms with E-state index in [4.69, 9.17) is 0 Å². The van der Waals surface area contributed by atoms with E-state index in [1.807, 2.05) is 11.8 Å². The average molecular weight is 224 g/mol. The number of nitrogens with zero attached hydrogens (tertiary/aromatic N) is 2. The molecule has 3 nitrogen and oxygen atoms in total. The molecule has 0 radical (unpaired) electrons. The zero-order chi connectivity index (χ0) is 10.8. The Balaban J connectivity index is 2.13. The molecule has 1 aromatic heterocycles. The van der Waals surface area contributed by atoms with E-state index in [-0.39, 0.29) is 5.91 Å². The second-order valence-corrected chi connectivity index (χ2v) is 5.32. The summed E-state index contributed by atoms with van der Waals surface area (Å²) in [5, 5.41) is 0.961. The number of hydrogen-bond donors (Lipinski definition) is 0. The van der Waals surface area contributed by atoms with Gasteiger partial charge in [0, 0.05) is 12.6 Å². The molecule has 0 saturated carbocycles. The van der Waals surface area contributed by atoms with Crippen LogP contribution in [0.5, 0.6) is 0 Å². The van der Waals surface area contributed by atoms with Crippen molar-refractivity contribution in [2.24, 2.45) is 0 Å². The molecule has 4 heteroatoms. The molecule has 1 aromatic rings. The number of piperidine rings is 1. The maximum Gasteiger partial charge on any atom is 0.265 e. The molecule has 15 heavy (non-hydrogen) atoms. The van der Waals surface area contributed by atoms with Crippen molar-refractivity contribution in [3.8, 4) is 0 Å². The Morgan fingerprint density at radius 1 is 1.60 bits per heavy atom. The van der Waals surface area contributed by atoms with Gasteiger partial charge in [0.1, 0.15) is 4.88 Å². The van der Waals surface area contributed by atoms with E-state index in [0.29, 0.717) is 6.04 Å². The van der Waals surface area contributed by atoms with Crippen LogP contribution in [0.15, 0.2) is 6.20 Å². The molecule has 2 rings (SSSR count). The second-order valence-electron chi connectivity index (χ2n) is 4.09. The van der Waals surface area contributed by atoms with Crippen molar-refractivity contribution in [2.45, 2.75) is 39.2 Å². The molecule has 1 aliphatic rings. The third-order valence-electron chi connectivity index (χ3n) is 2.90. The first-order valence-corrected chi connectivity index (χ1v) is 6.23. The molecule has 0 bridgehead atoms. The molecule has 1 atom stereocenters. The Hall–Kier alpha value is -0.900. The number of likely N-dealkylation sites (tertiary alicyclic amines) is 1. The smallest absolute Gasteiger partial charge is 0.265 e. The summed E-state index contributed by atoms with van der Waals surface area (Å²) in [6, 6.07) is 0.383. The number of aryl methyl sites for hydroxylation is 1. The van der Waals surface area contributed by atoms with Crippen molar-refractivity contribution in [3.63, 3.8) is 0 Å². The van der Waals surface area contributed by atoms with Crippen LogP contribution in [0.3, 0.4) is 0 Å². The fourth-order valence-electron chi connectivity index (χ4n) is 2.00. The predicted molar refractivity (Wildman–Crippen MR) is 61.2 cm³/mol. The minimum atomic E-state index is 0.160. The number of carbonyl (C=O) groups excluding carboxylic acids is 1. The summed E-state index contributed by atoms with van der Waals surface area (Å²) in [4.78, 5) is 19.0. The van der Waals surface area contributed by atoms with Gasteiger partial charge in [0.25, 0.3) is 5.91 Å². The van der Waals surface area contributed by atoms with Crippen molar-refractivity contribution in [1.82, 2.24) is 9.88 Å². The molecule has 0 spiro atoms. The fraction of sp³-hybridized carbons (Fsp3) is 0.636. The molecule has 0 N–H and O–H groups in total. The van der Waals surface area contributed by atoms with Gasteiger partial charge >= 0.3 is 0 Å². The predicted octanol–water partition coefficient (Wildman–Crippen LogP) is 2.47. The maximum absolute atomic E-state index is 12.1. The Bertz CT molecular complexity index is 361. The molecule has 0 aliphatic carbocycles. The lowest BCUT2D eigenvalue weighted by Gasteiger charge is -2.32. The highest BCUT2D eigenvalue weighted by Gasteiger charge is 2.25. The molecule has 1 unspecified atom stereocenters. The van der Waals surface area contributed by atoms with Gasteiger partial charge in [-0.1, -0.05) is 0 Å². The van der Waals surface area contributed by atoms with Gasteiger partial charge in [-0.15, -0.1) is 11.3 Å². The van der Waals surface area contributed by atoms with Crippen molar-refractivity contribution < 1.29 is 4.79 Å². The number of hydrogen-bond acceptors (Lipinski definition) is 3. The summed E-state index contributed by atoms with van der Waals surface area (Å²) in [5.41, 5.74) is 0. The van der Waals surface area contributed by atoms with Gasteiger partial charge in [-0.3, -0.25) is 4.79 Å². The third kappa shape index (κ3) is 2.20. The van der Waals surface area contributed by atoms with Crippen LogP contribution in [0, 0.1) is 6.92 Å². The second kappa shape index (κ2) is 4.31. The van der Waals surface area contributed by atoms with Crippen LogP contribution in [0.2, 0.25) is 0 Å². The highest BCUT2D eigenvalue weighted by atomic mass is 32.1. The monoisotopic (exact) mass is 224 g/mol. The molecule has 1 fully saturated rings. The quantitative estimate of drug-likeness (QED) is 0.734. The molecule has 2 heterocycles. The number of aromatic nitrogens is 1. The van der Waals surface area contributed by atoms with Gasteiger partial charge in [0.05, 0.1) is 11.2 Å². The zero-order valence-corrected chi connectivity index (χ0v) is 10.0. The highest BCUT2D eigenvalue weighted by Crippen LogP contribution is 2.21. The summed E-state index contributed by atoms with van der Waals surface area (Å²) >= 11 is 1.49. The Kier molecular flexibility index (Phi) is 3.05. The van der Waals surface area contributed by atoms with E-state index in [1.165, 1.54) is 17.8 Å². The first-order chi connectivity index (χ1) is 7.18. The first kappa shape index (κ1) is 10.6. The van der Waals surface area contributed by atoms with Crippen molar-refractivity contribution in [2.75, 3.05) is 6.54 Å². The van der Waals surface area contributed by atoms with E-state index in [2.05, 4.69) is 11.9 Å². The first-order valence-electron chi connectivity index (χ1n) is 5.42. The maximum atomic E-state index is 12.1. The normalized spacial score (nSPS) is 21.7. The number of rotatable bonds is 1. The highest BCUT2D eigenvalue weighted by molar-refractivity contribution is 7.13. The van der Waals surface area contributed by atoms with Crippen molar-refractivity contribution >= 4 is 17.2 Å². The fourth-order valence-corrected chi connectivity index (χ4v) is 2.74. The van der Waals surface area contributed by atoms with Crippen LogP contribution in [-0.2, 0) is 0 Å². The standard InChI is InChI=1S/C11H16N2OS/c1-8-5-3-4-6-13(8)11(14)10-7-12-9(2)15-10/h7-8H,3-6H2,1-2H3. The van der Waals surface area contributed by atoms with Crippen molar-refractivity contribution in [3.05, 3.63) is 16.1 Å². The van der Waals surface area contributed by atoms with E-state index >= 15 is 0 Å². The van der Waals surface area contributed by atoms with E-state index in [0.717, 1.165) is 29.3 Å². The Morgan fingerprint density at radius 3 is 3.00 bits per heavy atom. The minimum Gasteiger partial charge on any atom is -0.335 e. The van der Waals surface area contributed by atoms with Crippen LogP contribution < -0.4 is 0 Å². The molecule has 1 aliphatic heterocycles. The average Bonchev–Trinajstić information content (AvgIpc) is 2.65. The molecular formula is C11H16N2OS. The van der Waals surface area contributed by atoms with Gasteiger partial charge in [-0.2, -0.15) is 0 Å². The molecule has 1 saturated heterocycles. The van der Waals surface area contributed by atoms with Crippen molar-refractivity contribution in [1.29, 1.82) is 0 Å². The van der Waals surface area contributed by atoms with E-state index in [1.54, 1.807) is 6.20 Å². The Morgan fingerprint density at radius 2 is 2.40 bits per heavy atom. The van der Waals surface area contributed by atoms with Crippen LogP contribution in [0.25, 0.3) is 0 Å². The summed E-state index contributed by atoms with van der Waals surface area (Å²) in [6.07, 6.45) is 5.20. The SMILES string of the molecule is Cc1ncc(C(=O)N2CCCCC2C)s1. The van der Waals surface area contributed by atoms with Crippen LogP contribution >= 0.6 is 11.3 Å². The summed E-state index contributed by atoms with van der Waals surface area (Å²) in [5.74, 6) is 0.160. The van der Waals surface area contributed by atoms with E-state index < -0.39 is 0 Å². The lowest BCUT2D eigenvalue weighted by Crippen LogP contribution is -2.41. The number of carbonyl (C=O) groups is 1. The largest absolute Gasteiger partial charge is 0.335 e. The van der Waals surface area contributed by atoms with Gasteiger partial charge < -0.3 is 4.90 Å². The molecule has 0 aromatic carbocycles. The van der Waals surface area contributed by atoms with Gasteiger partial charge in [-0.25, -0.2) is 4.98 Å². The third-order valence-corrected chi connectivity index (χ3v) is 3.80. The molecular weight excluding hydrogens is 208 g/mol. The zero-order valence-electron chi connectivity index (χ0n) is 9.19. The molecule has 1 amide bonds. The lowest BCUT2D eigenvalue weighted by atomic mass is 10.0. The summed E-state index contributed by atoms with van der Waals surface area (Å²) in [6.45, 7) is 4.96. The van der Waals surface area contributed by atoms with Gasteiger partial charge in [-0.05, 0) is 33.1 Å². The Labute approximate surface area is 94.1 Å². The van der Waals surface area contributed by atoms with E-state index in [9.17, 15) is 4.79 Å².